The van der Waals surface area contributed by atoms with Gasteiger partial charge in [-0.2, -0.15) is 0 Å². The highest BCUT2D eigenvalue weighted by molar-refractivity contribution is 14.0. The number of guanidine groups is 1. The highest BCUT2D eigenvalue weighted by Crippen LogP contribution is 2.14. The number of ether oxygens (including phenoxy) is 1. The van der Waals surface area contributed by atoms with Crippen molar-refractivity contribution >= 4 is 47.2 Å². The molecule has 25 heavy (non-hydrogen) atoms. The number of nitrogens with zero attached hydrogens (tertiary/aromatic N) is 1. The van der Waals surface area contributed by atoms with E-state index in [0.717, 1.165) is 18.1 Å². The van der Waals surface area contributed by atoms with Crippen molar-refractivity contribution in [2.24, 2.45) is 4.99 Å². The molecule has 1 aromatic carbocycles. The number of carbonyl (C=O) groups excluding carboxylic acids is 1. The van der Waals surface area contributed by atoms with Crippen molar-refractivity contribution < 1.29 is 9.53 Å². The Labute approximate surface area is 169 Å². The Morgan fingerprint density at radius 3 is 2.40 bits per heavy atom. The quantitative estimate of drug-likeness (QED) is 0.291. The third-order valence-corrected chi connectivity index (χ3v) is 4.56. The summed E-state index contributed by atoms with van der Waals surface area (Å²) in [5.41, 5.74) is 2.92. The molecule has 0 spiro atoms. The molecular weight excluding hydrogens is 449 g/mol. The minimum Gasteiger partial charge on any atom is -0.462 e. The molecule has 0 unspecified atom stereocenters. The second-order valence-corrected chi connectivity index (χ2v) is 6.22. The van der Waals surface area contributed by atoms with Crippen LogP contribution in [-0.4, -0.2) is 25.6 Å². The summed E-state index contributed by atoms with van der Waals surface area (Å²) in [6, 6.07) is 9.50. The minimum absolute atomic E-state index is 0. The number of aliphatic imine (C=N–C) groups is 1. The maximum absolute atomic E-state index is 11.6. The SMILES string of the molecule is CCOC(=O)c1ccc(CNC(=NC)NCc2sccc2C)cc1.I. The highest BCUT2D eigenvalue weighted by Gasteiger charge is 2.06. The van der Waals surface area contributed by atoms with E-state index in [9.17, 15) is 4.79 Å². The van der Waals surface area contributed by atoms with Gasteiger partial charge in [0.15, 0.2) is 5.96 Å². The lowest BCUT2D eigenvalue weighted by molar-refractivity contribution is 0.0526. The first kappa shape index (κ1) is 21.4. The van der Waals surface area contributed by atoms with Crippen LogP contribution in [0.2, 0.25) is 0 Å². The summed E-state index contributed by atoms with van der Waals surface area (Å²) >= 11 is 1.74. The van der Waals surface area contributed by atoms with Crippen LogP contribution in [0.4, 0.5) is 0 Å². The van der Waals surface area contributed by atoms with Gasteiger partial charge in [-0.25, -0.2) is 4.79 Å². The molecule has 0 atom stereocenters. The van der Waals surface area contributed by atoms with Gasteiger partial charge in [0.25, 0.3) is 0 Å². The zero-order valence-corrected chi connectivity index (χ0v) is 17.8. The van der Waals surface area contributed by atoms with Gasteiger partial charge in [0.1, 0.15) is 0 Å². The maximum Gasteiger partial charge on any atom is 0.338 e. The van der Waals surface area contributed by atoms with Crippen molar-refractivity contribution in [3.8, 4) is 0 Å². The summed E-state index contributed by atoms with van der Waals surface area (Å²) < 4.78 is 4.98. The van der Waals surface area contributed by atoms with Crippen molar-refractivity contribution in [1.82, 2.24) is 10.6 Å². The number of benzene rings is 1. The van der Waals surface area contributed by atoms with Crippen LogP contribution < -0.4 is 10.6 Å². The highest BCUT2D eigenvalue weighted by atomic mass is 127. The molecule has 5 nitrogen and oxygen atoms in total. The van der Waals surface area contributed by atoms with Gasteiger partial charge in [-0.05, 0) is 48.6 Å². The molecule has 0 amide bonds. The van der Waals surface area contributed by atoms with E-state index in [-0.39, 0.29) is 29.9 Å². The number of nitrogens with one attached hydrogen (secondary N) is 2. The van der Waals surface area contributed by atoms with Crippen LogP contribution in [0.5, 0.6) is 0 Å². The number of halogens is 1. The van der Waals surface area contributed by atoms with Gasteiger partial charge >= 0.3 is 5.97 Å². The van der Waals surface area contributed by atoms with Crippen molar-refractivity contribution in [2.45, 2.75) is 26.9 Å². The van der Waals surface area contributed by atoms with E-state index >= 15 is 0 Å². The molecule has 0 fully saturated rings. The summed E-state index contributed by atoms with van der Waals surface area (Å²) in [7, 11) is 1.75. The fourth-order valence-electron chi connectivity index (χ4n) is 2.13. The third-order valence-electron chi connectivity index (χ3n) is 3.53. The Morgan fingerprint density at radius 2 is 1.84 bits per heavy atom. The Morgan fingerprint density at radius 1 is 1.16 bits per heavy atom. The lowest BCUT2D eigenvalue weighted by atomic mass is 10.1. The number of carbonyl (C=O) groups is 1. The third kappa shape index (κ3) is 6.66. The van der Waals surface area contributed by atoms with E-state index in [1.807, 2.05) is 12.1 Å². The number of hydrogen-bond acceptors (Lipinski definition) is 4. The zero-order valence-electron chi connectivity index (χ0n) is 14.7. The molecule has 0 saturated heterocycles. The molecule has 1 heterocycles. The van der Waals surface area contributed by atoms with Crippen LogP contribution in [0.15, 0.2) is 40.7 Å². The number of esters is 1. The largest absolute Gasteiger partial charge is 0.462 e. The lowest BCUT2D eigenvalue weighted by Gasteiger charge is -2.12. The summed E-state index contributed by atoms with van der Waals surface area (Å²) in [5.74, 6) is 0.457. The van der Waals surface area contributed by atoms with Gasteiger partial charge < -0.3 is 15.4 Å². The molecule has 2 rings (SSSR count). The first-order chi connectivity index (χ1) is 11.6. The molecule has 2 N–H and O–H groups in total. The van der Waals surface area contributed by atoms with Gasteiger partial charge in [-0.15, -0.1) is 35.3 Å². The Hall–Kier alpha value is -1.61. The van der Waals surface area contributed by atoms with Crippen LogP contribution in [0.3, 0.4) is 0 Å². The smallest absolute Gasteiger partial charge is 0.338 e. The van der Waals surface area contributed by atoms with Gasteiger partial charge in [-0.3, -0.25) is 4.99 Å². The molecule has 136 valence electrons. The van der Waals surface area contributed by atoms with Crippen LogP contribution >= 0.6 is 35.3 Å². The van der Waals surface area contributed by atoms with Crippen LogP contribution in [0, 0.1) is 6.92 Å². The molecule has 0 bridgehead atoms. The Balaban J connectivity index is 0.00000312. The minimum atomic E-state index is -0.291. The van der Waals surface area contributed by atoms with Gasteiger partial charge in [-0.1, -0.05) is 12.1 Å². The summed E-state index contributed by atoms with van der Waals surface area (Å²) in [5, 5.41) is 8.66. The average molecular weight is 473 g/mol. The van der Waals surface area contributed by atoms with Crippen molar-refractivity contribution in [3.05, 3.63) is 57.3 Å². The van der Waals surface area contributed by atoms with E-state index in [2.05, 4.69) is 34.0 Å². The first-order valence-electron chi connectivity index (χ1n) is 7.87. The first-order valence-corrected chi connectivity index (χ1v) is 8.75. The predicted molar refractivity (Wildman–Crippen MR) is 114 cm³/mol. The Bertz CT molecular complexity index is 699. The van der Waals surface area contributed by atoms with Crippen molar-refractivity contribution in [2.75, 3.05) is 13.7 Å². The molecule has 2 aromatic rings. The molecule has 0 radical (unpaired) electrons. The number of aryl methyl sites for hydroxylation is 1. The van der Waals surface area contributed by atoms with E-state index in [1.54, 1.807) is 37.4 Å². The zero-order chi connectivity index (χ0) is 17.4. The molecule has 0 aliphatic carbocycles. The molecule has 7 heteroatoms. The van der Waals surface area contributed by atoms with Crippen molar-refractivity contribution in [3.63, 3.8) is 0 Å². The number of thiophene rings is 1. The second-order valence-electron chi connectivity index (χ2n) is 5.22. The number of rotatable bonds is 6. The van der Waals surface area contributed by atoms with E-state index in [0.29, 0.717) is 18.7 Å². The summed E-state index contributed by atoms with van der Waals surface area (Å²) in [6.07, 6.45) is 0. The standard InChI is InChI=1S/C18H23N3O2S.HI/c1-4-23-17(22)15-7-5-14(6-8-15)11-20-18(19-3)21-12-16-13(2)9-10-24-16;/h5-10H,4,11-12H2,1-3H3,(H2,19,20,21);1H. The van der Waals surface area contributed by atoms with Gasteiger partial charge in [0, 0.05) is 18.5 Å². The molecule has 0 aliphatic rings. The van der Waals surface area contributed by atoms with Gasteiger partial charge in [0.05, 0.1) is 18.7 Å². The maximum atomic E-state index is 11.6. The Kier molecular flexibility index (Phi) is 9.51. The van der Waals surface area contributed by atoms with E-state index in [1.165, 1.54) is 10.4 Å². The summed E-state index contributed by atoms with van der Waals surface area (Å²) in [6.45, 7) is 5.67. The molecule has 0 aliphatic heterocycles. The second kappa shape index (κ2) is 11.1. The van der Waals surface area contributed by atoms with Crippen LogP contribution in [0.25, 0.3) is 0 Å². The fraction of sp³-hybridized carbons (Fsp3) is 0.333. The fourth-order valence-corrected chi connectivity index (χ4v) is 2.97. The number of hydrogen-bond donors (Lipinski definition) is 2. The average Bonchev–Trinajstić information content (AvgIpc) is 3.01. The van der Waals surface area contributed by atoms with E-state index < -0.39 is 0 Å². The monoisotopic (exact) mass is 473 g/mol. The lowest BCUT2D eigenvalue weighted by Crippen LogP contribution is -2.36. The van der Waals surface area contributed by atoms with Crippen LogP contribution in [-0.2, 0) is 17.8 Å². The normalized spacial score (nSPS) is 10.8. The molecule has 0 saturated carbocycles. The predicted octanol–water partition coefficient (Wildman–Crippen LogP) is 3.72. The summed E-state index contributed by atoms with van der Waals surface area (Å²) in [4.78, 5) is 17.2. The van der Waals surface area contributed by atoms with Gasteiger partial charge in [0.2, 0.25) is 0 Å². The van der Waals surface area contributed by atoms with E-state index in [4.69, 9.17) is 4.74 Å². The molecule has 1 aromatic heterocycles. The molecular formula is C18H24IN3O2S. The van der Waals surface area contributed by atoms with Crippen LogP contribution in [0.1, 0.15) is 33.3 Å². The topological polar surface area (TPSA) is 62.7 Å². The van der Waals surface area contributed by atoms with Crippen molar-refractivity contribution in [1.29, 1.82) is 0 Å².